The molecule has 1 unspecified atom stereocenters. The Morgan fingerprint density at radius 1 is 1.37 bits per heavy atom. The van der Waals surface area contributed by atoms with Crippen molar-refractivity contribution in [2.45, 2.75) is 51.2 Å². The number of fused-ring (bicyclic) bond motifs is 1. The lowest BCUT2D eigenvalue weighted by Gasteiger charge is -2.38. The van der Waals surface area contributed by atoms with E-state index in [4.69, 9.17) is 11.2 Å². The van der Waals surface area contributed by atoms with Crippen molar-refractivity contribution in [2.24, 2.45) is 0 Å². The van der Waals surface area contributed by atoms with Gasteiger partial charge in [0, 0.05) is 24.4 Å². The van der Waals surface area contributed by atoms with Crippen molar-refractivity contribution >= 4 is 0 Å². The number of terminal acetylenes is 1. The Morgan fingerprint density at radius 3 is 2.95 bits per heavy atom. The molecule has 0 radical (unpaired) electrons. The zero-order valence-corrected chi connectivity index (χ0v) is 11.9. The molecular formula is C17H23NO. The molecule has 2 rings (SSSR count). The fourth-order valence-electron chi connectivity index (χ4n) is 2.61. The number of rotatable bonds is 5. The molecule has 1 heterocycles. The van der Waals surface area contributed by atoms with Gasteiger partial charge in [-0.05, 0) is 39.3 Å². The molecule has 1 aromatic carbocycles. The van der Waals surface area contributed by atoms with Crippen LogP contribution in [-0.4, -0.2) is 12.1 Å². The summed E-state index contributed by atoms with van der Waals surface area (Å²) in [6, 6.07) is 8.70. The van der Waals surface area contributed by atoms with Crippen molar-refractivity contribution in [3.05, 3.63) is 29.8 Å². The maximum absolute atomic E-state index is 6.03. The highest BCUT2D eigenvalue weighted by Gasteiger charge is 2.32. The second-order valence-corrected chi connectivity index (χ2v) is 5.77. The van der Waals surface area contributed by atoms with E-state index < -0.39 is 0 Å². The molecule has 0 aliphatic carbocycles. The van der Waals surface area contributed by atoms with Crippen LogP contribution in [-0.2, 0) is 0 Å². The number of unbranched alkanes of at least 4 members (excludes halogenated alkanes) is 2. The summed E-state index contributed by atoms with van der Waals surface area (Å²) in [4.78, 5) is 0. The highest BCUT2D eigenvalue weighted by molar-refractivity contribution is 5.38. The van der Waals surface area contributed by atoms with Gasteiger partial charge in [0.05, 0.1) is 0 Å². The Bertz CT molecular complexity index is 459. The molecule has 102 valence electrons. The van der Waals surface area contributed by atoms with Gasteiger partial charge in [0.25, 0.3) is 0 Å². The molecule has 0 bridgehead atoms. The summed E-state index contributed by atoms with van der Waals surface area (Å²) in [5.41, 5.74) is 1.17. The van der Waals surface area contributed by atoms with E-state index >= 15 is 0 Å². The van der Waals surface area contributed by atoms with E-state index in [-0.39, 0.29) is 5.60 Å². The predicted molar refractivity (Wildman–Crippen MR) is 79.2 cm³/mol. The standard InChI is InChI=1S/C17H23NO/c1-4-5-6-9-12-18-15-13-17(2,3)19-16-11-8-7-10-14(15)16/h1,7-8,10-11,15,18H,5-6,9,12-13H2,2-3H3. The SMILES string of the molecule is C#CCCCCNC1CC(C)(C)Oc2ccccc21. The van der Waals surface area contributed by atoms with Crippen LogP contribution in [0.25, 0.3) is 0 Å². The molecular weight excluding hydrogens is 234 g/mol. The van der Waals surface area contributed by atoms with Gasteiger partial charge in [-0.15, -0.1) is 12.3 Å². The van der Waals surface area contributed by atoms with Gasteiger partial charge in [0.15, 0.2) is 0 Å². The molecule has 0 saturated heterocycles. The lowest BCUT2D eigenvalue weighted by molar-refractivity contribution is 0.0660. The summed E-state index contributed by atoms with van der Waals surface area (Å²) in [5, 5.41) is 3.64. The highest BCUT2D eigenvalue weighted by atomic mass is 16.5. The topological polar surface area (TPSA) is 21.3 Å². The third-order valence-corrected chi connectivity index (χ3v) is 3.52. The molecule has 1 aliphatic heterocycles. The van der Waals surface area contributed by atoms with Crippen LogP contribution in [0.4, 0.5) is 0 Å². The van der Waals surface area contributed by atoms with Gasteiger partial charge in [-0.2, -0.15) is 0 Å². The number of hydrogen-bond donors (Lipinski definition) is 1. The summed E-state index contributed by atoms with van der Waals surface area (Å²) < 4.78 is 6.03. The van der Waals surface area contributed by atoms with Crippen molar-refractivity contribution in [2.75, 3.05) is 6.54 Å². The van der Waals surface area contributed by atoms with Crippen LogP contribution in [0.2, 0.25) is 0 Å². The Hall–Kier alpha value is -1.46. The first-order valence-electron chi connectivity index (χ1n) is 7.07. The summed E-state index contributed by atoms with van der Waals surface area (Å²) in [6.07, 6.45) is 9.36. The Labute approximate surface area is 116 Å². The van der Waals surface area contributed by atoms with Crippen LogP contribution in [0, 0.1) is 12.3 Å². The Kier molecular flexibility index (Phi) is 4.50. The molecule has 0 aromatic heterocycles. The third-order valence-electron chi connectivity index (χ3n) is 3.52. The first kappa shape index (κ1) is 14.0. The Balaban J connectivity index is 1.98. The van der Waals surface area contributed by atoms with Gasteiger partial charge in [-0.25, -0.2) is 0 Å². The van der Waals surface area contributed by atoms with E-state index in [1.807, 2.05) is 6.07 Å². The van der Waals surface area contributed by atoms with Crippen LogP contribution in [0.1, 0.15) is 51.1 Å². The second-order valence-electron chi connectivity index (χ2n) is 5.77. The van der Waals surface area contributed by atoms with E-state index in [0.29, 0.717) is 6.04 Å². The smallest absolute Gasteiger partial charge is 0.124 e. The Morgan fingerprint density at radius 2 is 2.16 bits per heavy atom. The average molecular weight is 257 g/mol. The molecule has 0 saturated carbocycles. The lowest BCUT2D eigenvalue weighted by Crippen LogP contribution is -2.39. The number of benzene rings is 1. The van der Waals surface area contributed by atoms with E-state index in [1.165, 1.54) is 5.56 Å². The van der Waals surface area contributed by atoms with Crippen LogP contribution < -0.4 is 10.1 Å². The second kappa shape index (κ2) is 6.12. The molecule has 1 aliphatic rings. The monoisotopic (exact) mass is 257 g/mol. The number of para-hydroxylation sites is 1. The quantitative estimate of drug-likeness (QED) is 0.642. The molecule has 2 heteroatoms. The summed E-state index contributed by atoms with van der Waals surface area (Å²) >= 11 is 0. The molecule has 1 N–H and O–H groups in total. The van der Waals surface area contributed by atoms with Crippen LogP contribution in [0.3, 0.4) is 0 Å². The molecule has 0 amide bonds. The van der Waals surface area contributed by atoms with E-state index in [1.54, 1.807) is 0 Å². The van der Waals surface area contributed by atoms with Crippen LogP contribution in [0.5, 0.6) is 5.75 Å². The predicted octanol–water partition coefficient (Wildman–Crippen LogP) is 3.68. The van der Waals surface area contributed by atoms with Crippen molar-refractivity contribution in [1.29, 1.82) is 0 Å². The maximum Gasteiger partial charge on any atom is 0.124 e. The molecule has 0 spiro atoms. The van der Waals surface area contributed by atoms with Crippen molar-refractivity contribution in [1.82, 2.24) is 5.32 Å². The van der Waals surface area contributed by atoms with Crippen molar-refractivity contribution < 1.29 is 4.74 Å². The zero-order valence-electron chi connectivity index (χ0n) is 11.9. The fraction of sp³-hybridized carbons (Fsp3) is 0.529. The molecule has 1 atom stereocenters. The summed E-state index contributed by atoms with van der Waals surface area (Å²) in [7, 11) is 0. The van der Waals surface area contributed by atoms with Crippen molar-refractivity contribution in [3.8, 4) is 18.1 Å². The number of nitrogens with one attached hydrogen (secondary N) is 1. The van der Waals surface area contributed by atoms with Gasteiger partial charge >= 0.3 is 0 Å². The van der Waals surface area contributed by atoms with Crippen LogP contribution >= 0.6 is 0 Å². The largest absolute Gasteiger partial charge is 0.487 e. The summed E-state index contributed by atoms with van der Waals surface area (Å²) in [5.74, 6) is 3.70. The van der Waals surface area contributed by atoms with Gasteiger partial charge in [-0.3, -0.25) is 0 Å². The highest BCUT2D eigenvalue weighted by Crippen LogP contribution is 2.39. The maximum atomic E-state index is 6.03. The first-order chi connectivity index (χ1) is 9.12. The van der Waals surface area contributed by atoms with Gasteiger partial charge in [-0.1, -0.05) is 18.2 Å². The van der Waals surface area contributed by atoms with E-state index in [9.17, 15) is 0 Å². The normalized spacial score (nSPS) is 20.2. The van der Waals surface area contributed by atoms with Gasteiger partial charge in [0.2, 0.25) is 0 Å². The third kappa shape index (κ3) is 3.75. The van der Waals surface area contributed by atoms with Crippen LogP contribution in [0.15, 0.2) is 24.3 Å². The molecule has 0 fully saturated rings. The van der Waals surface area contributed by atoms with Gasteiger partial charge in [0.1, 0.15) is 11.4 Å². The zero-order chi connectivity index (χ0) is 13.7. The van der Waals surface area contributed by atoms with E-state index in [0.717, 1.165) is 38.0 Å². The molecule has 2 nitrogen and oxygen atoms in total. The fourth-order valence-corrected chi connectivity index (χ4v) is 2.61. The molecule has 1 aromatic rings. The number of hydrogen-bond acceptors (Lipinski definition) is 2. The minimum atomic E-state index is -0.106. The average Bonchev–Trinajstić information content (AvgIpc) is 2.37. The van der Waals surface area contributed by atoms with Gasteiger partial charge < -0.3 is 10.1 Å². The summed E-state index contributed by atoms with van der Waals surface area (Å²) in [6.45, 7) is 5.31. The minimum absolute atomic E-state index is 0.106. The van der Waals surface area contributed by atoms with Crippen molar-refractivity contribution in [3.63, 3.8) is 0 Å². The first-order valence-corrected chi connectivity index (χ1v) is 7.07. The lowest BCUT2D eigenvalue weighted by atomic mass is 9.89. The molecule has 19 heavy (non-hydrogen) atoms. The number of ether oxygens (including phenoxy) is 1. The minimum Gasteiger partial charge on any atom is -0.487 e. The van der Waals surface area contributed by atoms with E-state index in [2.05, 4.69) is 43.3 Å².